The molecule has 24 heavy (non-hydrogen) atoms. The molecular weight excluding hydrogens is 316 g/mol. The predicted octanol–water partition coefficient (Wildman–Crippen LogP) is 2.85. The number of carbonyl (C=O) groups is 2. The number of rotatable bonds is 4. The summed E-state index contributed by atoms with van der Waals surface area (Å²) < 4.78 is 25.8. The van der Waals surface area contributed by atoms with Crippen LogP contribution >= 0.6 is 0 Å². The van der Waals surface area contributed by atoms with E-state index in [1.165, 1.54) is 58.3 Å². The van der Waals surface area contributed by atoms with Gasteiger partial charge in [0.2, 0.25) is 5.91 Å². The van der Waals surface area contributed by atoms with E-state index in [4.69, 9.17) is 0 Å². The molecule has 1 heterocycles. The molecule has 2 aromatic carbocycles. The van der Waals surface area contributed by atoms with Gasteiger partial charge >= 0.3 is 6.03 Å². The van der Waals surface area contributed by atoms with Crippen LogP contribution in [0, 0.1) is 11.6 Å². The number of anilines is 2. The zero-order chi connectivity index (χ0) is 17.1. The van der Waals surface area contributed by atoms with Crippen LogP contribution in [-0.2, 0) is 4.79 Å². The second-order valence-corrected chi connectivity index (χ2v) is 5.39. The molecule has 1 saturated heterocycles. The lowest BCUT2D eigenvalue weighted by molar-refractivity contribution is -0.116. The molecule has 3 amide bonds. The molecule has 0 radical (unpaired) electrons. The molecule has 0 aliphatic carbocycles. The van der Waals surface area contributed by atoms with Gasteiger partial charge < -0.3 is 10.2 Å². The molecule has 1 N–H and O–H groups in total. The highest BCUT2D eigenvalue weighted by Crippen LogP contribution is 2.20. The molecule has 0 aromatic heterocycles. The third kappa shape index (κ3) is 3.51. The van der Waals surface area contributed by atoms with Gasteiger partial charge in [-0.2, -0.15) is 0 Å². The summed E-state index contributed by atoms with van der Waals surface area (Å²) >= 11 is 0. The van der Waals surface area contributed by atoms with E-state index in [2.05, 4.69) is 5.32 Å². The Hall–Kier alpha value is -2.96. The molecule has 2 aromatic rings. The van der Waals surface area contributed by atoms with Gasteiger partial charge in [0.25, 0.3) is 0 Å². The molecule has 1 aliphatic rings. The summed E-state index contributed by atoms with van der Waals surface area (Å²) in [6, 6.07) is 10.7. The summed E-state index contributed by atoms with van der Waals surface area (Å²) in [5.74, 6) is -1.13. The average molecular weight is 331 g/mol. The van der Waals surface area contributed by atoms with Crippen molar-refractivity contribution in [3.8, 4) is 0 Å². The summed E-state index contributed by atoms with van der Waals surface area (Å²) in [5.41, 5.74) is 1.05. The Labute approximate surface area is 137 Å². The van der Waals surface area contributed by atoms with E-state index in [1.54, 1.807) is 0 Å². The maximum Gasteiger partial charge on any atom is 0.325 e. The van der Waals surface area contributed by atoms with Crippen molar-refractivity contribution in [1.29, 1.82) is 0 Å². The van der Waals surface area contributed by atoms with Crippen LogP contribution < -0.4 is 10.2 Å². The van der Waals surface area contributed by atoms with Crippen LogP contribution in [0.3, 0.4) is 0 Å². The molecule has 1 aliphatic heterocycles. The van der Waals surface area contributed by atoms with Crippen molar-refractivity contribution in [2.24, 2.45) is 0 Å². The number of nitrogens with one attached hydrogen (secondary N) is 1. The fourth-order valence-electron chi connectivity index (χ4n) is 2.50. The first-order valence-corrected chi connectivity index (χ1v) is 7.40. The molecule has 1 fully saturated rings. The van der Waals surface area contributed by atoms with E-state index < -0.39 is 5.82 Å². The number of carbonyl (C=O) groups excluding carboxylic acids is 2. The SMILES string of the molecule is O=C(CN1CCN(c2ccc(F)cc2)C1=O)Nc1ccc(F)cc1. The Kier molecular flexibility index (Phi) is 4.41. The van der Waals surface area contributed by atoms with Crippen LogP contribution in [0.2, 0.25) is 0 Å². The summed E-state index contributed by atoms with van der Waals surface area (Å²) in [5, 5.41) is 2.61. The summed E-state index contributed by atoms with van der Waals surface area (Å²) in [4.78, 5) is 27.3. The lowest BCUT2D eigenvalue weighted by Gasteiger charge is -2.18. The molecule has 5 nitrogen and oxygen atoms in total. The molecule has 0 bridgehead atoms. The highest BCUT2D eigenvalue weighted by atomic mass is 19.1. The fourth-order valence-corrected chi connectivity index (χ4v) is 2.50. The Bertz CT molecular complexity index is 747. The van der Waals surface area contributed by atoms with E-state index >= 15 is 0 Å². The fraction of sp³-hybridized carbons (Fsp3) is 0.176. The van der Waals surface area contributed by atoms with Gasteiger partial charge in [-0.15, -0.1) is 0 Å². The first-order chi connectivity index (χ1) is 11.5. The third-order valence-electron chi connectivity index (χ3n) is 3.70. The topological polar surface area (TPSA) is 52.7 Å². The standard InChI is InChI=1S/C17H15F2N3O2/c18-12-1-5-14(6-2-12)20-16(23)11-21-9-10-22(17(21)24)15-7-3-13(19)4-8-15/h1-8H,9-11H2,(H,20,23). The monoisotopic (exact) mass is 331 g/mol. The van der Waals surface area contributed by atoms with Crippen molar-refractivity contribution in [2.75, 3.05) is 29.9 Å². The highest BCUT2D eigenvalue weighted by Gasteiger charge is 2.30. The first-order valence-electron chi connectivity index (χ1n) is 7.40. The summed E-state index contributed by atoms with van der Waals surface area (Å²) in [7, 11) is 0. The van der Waals surface area contributed by atoms with Crippen LogP contribution in [0.4, 0.5) is 25.0 Å². The molecular formula is C17H15F2N3O2. The van der Waals surface area contributed by atoms with E-state index in [0.717, 1.165) is 0 Å². The van der Waals surface area contributed by atoms with E-state index in [0.29, 0.717) is 24.5 Å². The Morgan fingerprint density at radius 1 is 0.958 bits per heavy atom. The Balaban J connectivity index is 1.60. The lowest BCUT2D eigenvalue weighted by atomic mass is 10.3. The Morgan fingerprint density at radius 3 is 2.17 bits per heavy atom. The number of hydrogen-bond acceptors (Lipinski definition) is 2. The number of urea groups is 1. The lowest BCUT2D eigenvalue weighted by Crippen LogP contribution is -2.37. The molecule has 3 rings (SSSR count). The van der Waals surface area contributed by atoms with Gasteiger partial charge in [0, 0.05) is 24.5 Å². The number of nitrogens with zero attached hydrogens (tertiary/aromatic N) is 2. The smallest absolute Gasteiger partial charge is 0.325 e. The largest absolute Gasteiger partial charge is 0.325 e. The van der Waals surface area contributed by atoms with Gasteiger partial charge in [-0.1, -0.05) is 0 Å². The van der Waals surface area contributed by atoms with Gasteiger partial charge in [0.1, 0.15) is 18.2 Å². The van der Waals surface area contributed by atoms with E-state index in [1.807, 2.05) is 0 Å². The number of amides is 3. The van der Waals surface area contributed by atoms with Gasteiger partial charge in [0.15, 0.2) is 0 Å². The summed E-state index contributed by atoms with van der Waals surface area (Å²) in [6.07, 6.45) is 0. The predicted molar refractivity (Wildman–Crippen MR) is 85.7 cm³/mol. The van der Waals surface area contributed by atoms with Crippen LogP contribution in [-0.4, -0.2) is 36.5 Å². The quantitative estimate of drug-likeness (QED) is 0.937. The number of hydrogen-bond donors (Lipinski definition) is 1. The molecule has 0 unspecified atom stereocenters. The average Bonchev–Trinajstić information content (AvgIpc) is 2.91. The van der Waals surface area contributed by atoms with Crippen molar-refractivity contribution in [2.45, 2.75) is 0 Å². The maximum atomic E-state index is 13.0. The maximum absolute atomic E-state index is 13.0. The van der Waals surface area contributed by atoms with Crippen LogP contribution in [0.15, 0.2) is 48.5 Å². The minimum Gasteiger partial charge on any atom is -0.325 e. The van der Waals surface area contributed by atoms with Crippen molar-refractivity contribution >= 4 is 23.3 Å². The van der Waals surface area contributed by atoms with Gasteiger partial charge in [-0.05, 0) is 48.5 Å². The minimum absolute atomic E-state index is 0.103. The van der Waals surface area contributed by atoms with Crippen molar-refractivity contribution in [3.63, 3.8) is 0 Å². The molecule has 0 atom stereocenters. The molecule has 0 spiro atoms. The van der Waals surface area contributed by atoms with Crippen molar-refractivity contribution in [1.82, 2.24) is 4.90 Å². The molecule has 124 valence electrons. The van der Waals surface area contributed by atoms with Gasteiger partial charge in [-0.3, -0.25) is 9.69 Å². The van der Waals surface area contributed by atoms with Crippen LogP contribution in [0.5, 0.6) is 0 Å². The van der Waals surface area contributed by atoms with E-state index in [-0.39, 0.29) is 24.3 Å². The second kappa shape index (κ2) is 6.66. The van der Waals surface area contributed by atoms with Crippen LogP contribution in [0.25, 0.3) is 0 Å². The number of benzene rings is 2. The minimum atomic E-state index is -0.391. The third-order valence-corrected chi connectivity index (χ3v) is 3.70. The normalized spacial score (nSPS) is 14.2. The van der Waals surface area contributed by atoms with Crippen LogP contribution in [0.1, 0.15) is 0 Å². The second-order valence-electron chi connectivity index (χ2n) is 5.39. The zero-order valence-corrected chi connectivity index (χ0v) is 12.7. The first kappa shape index (κ1) is 15.9. The zero-order valence-electron chi connectivity index (χ0n) is 12.7. The van der Waals surface area contributed by atoms with Crippen molar-refractivity contribution < 1.29 is 18.4 Å². The van der Waals surface area contributed by atoms with Crippen molar-refractivity contribution in [3.05, 3.63) is 60.2 Å². The molecule has 7 heteroatoms. The number of halogens is 2. The Morgan fingerprint density at radius 2 is 1.54 bits per heavy atom. The summed E-state index contributed by atoms with van der Waals surface area (Å²) in [6.45, 7) is 0.718. The molecule has 0 saturated carbocycles. The highest BCUT2D eigenvalue weighted by molar-refractivity contribution is 5.99. The van der Waals surface area contributed by atoms with Gasteiger partial charge in [0.05, 0.1) is 0 Å². The van der Waals surface area contributed by atoms with E-state index in [9.17, 15) is 18.4 Å². The van der Waals surface area contributed by atoms with Gasteiger partial charge in [-0.25, -0.2) is 13.6 Å².